The molecule has 142 valence electrons. The van der Waals surface area contributed by atoms with Gasteiger partial charge < -0.3 is 25.0 Å². The first-order valence-corrected chi connectivity index (χ1v) is 9.34. The van der Waals surface area contributed by atoms with Gasteiger partial charge in [0.25, 0.3) is 0 Å². The van der Waals surface area contributed by atoms with Crippen LogP contribution in [0.25, 0.3) is 11.0 Å². The third kappa shape index (κ3) is 4.04. The summed E-state index contributed by atoms with van der Waals surface area (Å²) in [5.74, 6) is 1.44. The predicted octanol–water partition coefficient (Wildman–Crippen LogP) is 2.12. The number of morpholine rings is 1. The van der Waals surface area contributed by atoms with E-state index in [2.05, 4.69) is 27.3 Å². The van der Waals surface area contributed by atoms with Crippen molar-refractivity contribution in [3.63, 3.8) is 0 Å². The van der Waals surface area contributed by atoms with Crippen molar-refractivity contribution in [1.29, 1.82) is 0 Å². The average Bonchev–Trinajstić information content (AvgIpc) is 3.09. The molecule has 4 rings (SSSR count). The van der Waals surface area contributed by atoms with Gasteiger partial charge >= 0.3 is 0 Å². The number of aromatic amines is 1. The molecule has 0 amide bonds. The highest BCUT2D eigenvalue weighted by Gasteiger charge is 2.19. The number of aliphatic hydroxyl groups is 1. The van der Waals surface area contributed by atoms with Gasteiger partial charge in [-0.25, -0.2) is 0 Å². The summed E-state index contributed by atoms with van der Waals surface area (Å²) in [6, 6.07) is 12.1. The highest BCUT2D eigenvalue weighted by molar-refractivity contribution is 5.89. The highest BCUT2D eigenvalue weighted by atomic mass is 16.5. The Morgan fingerprint density at radius 2 is 2.00 bits per heavy atom. The number of rotatable bonds is 6. The van der Waals surface area contributed by atoms with E-state index < -0.39 is 0 Å². The number of fused-ring (bicyclic) bond motifs is 1. The molecule has 1 aliphatic rings. The fourth-order valence-electron chi connectivity index (χ4n) is 3.40. The number of ether oxygens (including phenoxy) is 1. The maximum absolute atomic E-state index is 9.90. The van der Waals surface area contributed by atoms with Gasteiger partial charge in [0.2, 0.25) is 5.95 Å². The lowest BCUT2D eigenvalue weighted by Crippen LogP contribution is -2.37. The second-order valence-electron chi connectivity index (χ2n) is 6.90. The second-order valence-corrected chi connectivity index (χ2v) is 6.90. The van der Waals surface area contributed by atoms with E-state index in [-0.39, 0.29) is 12.6 Å². The molecule has 0 aliphatic carbocycles. The van der Waals surface area contributed by atoms with Crippen molar-refractivity contribution in [2.45, 2.75) is 19.4 Å². The number of hydrogen-bond donors (Lipinski definition) is 3. The van der Waals surface area contributed by atoms with Crippen LogP contribution >= 0.6 is 0 Å². The third-order valence-electron chi connectivity index (χ3n) is 4.79. The molecule has 0 spiro atoms. The summed E-state index contributed by atoms with van der Waals surface area (Å²) in [6.45, 7) is 4.95. The van der Waals surface area contributed by atoms with Crippen molar-refractivity contribution >= 4 is 22.8 Å². The van der Waals surface area contributed by atoms with E-state index in [4.69, 9.17) is 14.7 Å². The molecule has 7 nitrogen and oxygen atoms in total. The molecular weight excluding hydrogens is 342 g/mol. The molecule has 27 heavy (non-hydrogen) atoms. The van der Waals surface area contributed by atoms with Crippen molar-refractivity contribution in [1.82, 2.24) is 15.0 Å². The maximum Gasteiger partial charge on any atom is 0.229 e. The first kappa shape index (κ1) is 17.8. The zero-order valence-corrected chi connectivity index (χ0v) is 15.5. The molecule has 1 aromatic carbocycles. The fourth-order valence-corrected chi connectivity index (χ4v) is 3.40. The number of benzene rings is 1. The van der Waals surface area contributed by atoms with Crippen LogP contribution in [0.5, 0.6) is 0 Å². The van der Waals surface area contributed by atoms with E-state index in [0.29, 0.717) is 19.2 Å². The summed E-state index contributed by atoms with van der Waals surface area (Å²) in [5, 5.41) is 14.3. The van der Waals surface area contributed by atoms with Crippen molar-refractivity contribution < 1.29 is 9.84 Å². The number of aromatic nitrogens is 3. The van der Waals surface area contributed by atoms with Crippen molar-refractivity contribution in [2.24, 2.45) is 0 Å². The Hall–Kier alpha value is -2.64. The molecule has 7 heteroatoms. The molecule has 1 atom stereocenters. The number of H-pyrrole nitrogens is 1. The SMILES string of the molecule is Cc1cc2c(NC(CO)Cc3ccccc3)nc(N3CCOCC3)nc2[nH]1. The number of nitrogens with zero attached hydrogens (tertiary/aromatic N) is 3. The number of aryl methyl sites for hydroxylation is 1. The maximum atomic E-state index is 9.90. The summed E-state index contributed by atoms with van der Waals surface area (Å²) < 4.78 is 5.44. The zero-order valence-electron chi connectivity index (χ0n) is 15.5. The molecule has 1 aliphatic heterocycles. The molecular formula is C20H25N5O2. The lowest BCUT2D eigenvalue weighted by atomic mass is 10.1. The van der Waals surface area contributed by atoms with E-state index in [1.165, 1.54) is 5.56 Å². The van der Waals surface area contributed by atoms with Crippen molar-refractivity contribution in [3.05, 3.63) is 47.7 Å². The molecule has 0 saturated carbocycles. The molecule has 0 radical (unpaired) electrons. The summed E-state index contributed by atoms with van der Waals surface area (Å²) in [6.07, 6.45) is 0.721. The van der Waals surface area contributed by atoms with Crippen LogP contribution in [0.4, 0.5) is 11.8 Å². The Kier molecular flexibility index (Phi) is 5.22. The van der Waals surface area contributed by atoms with Gasteiger partial charge in [-0.05, 0) is 25.0 Å². The Bertz CT molecular complexity index is 890. The van der Waals surface area contributed by atoms with Gasteiger partial charge in [-0.15, -0.1) is 0 Å². The predicted molar refractivity (Wildman–Crippen MR) is 106 cm³/mol. The van der Waals surface area contributed by atoms with Gasteiger partial charge in [0.15, 0.2) is 0 Å². The van der Waals surface area contributed by atoms with Crippen LogP contribution in [0.2, 0.25) is 0 Å². The number of hydrogen-bond acceptors (Lipinski definition) is 6. The molecule has 3 heterocycles. The first-order valence-electron chi connectivity index (χ1n) is 9.34. The molecule has 1 saturated heterocycles. The van der Waals surface area contributed by atoms with Crippen LogP contribution in [0.3, 0.4) is 0 Å². The van der Waals surface area contributed by atoms with E-state index in [0.717, 1.165) is 42.1 Å². The van der Waals surface area contributed by atoms with E-state index in [1.807, 2.05) is 31.2 Å². The minimum absolute atomic E-state index is 0.0245. The lowest BCUT2D eigenvalue weighted by Gasteiger charge is -2.27. The molecule has 1 unspecified atom stereocenters. The Morgan fingerprint density at radius 1 is 1.22 bits per heavy atom. The third-order valence-corrected chi connectivity index (χ3v) is 4.79. The summed E-state index contributed by atoms with van der Waals surface area (Å²) >= 11 is 0. The molecule has 0 bridgehead atoms. The topological polar surface area (TPSA) is 86.3 Å². The molecule has 2 aromatic heterocycles. The molecule has 3 aromatic rings. The van der Waals surface area contributed by atoms with Crippen LogP contribution in [0, 0.1) is 6.92 Å². The zero-order chi connectivity index (χ0) is 18.6. The van der Waals surface area contributed by atoms with Crippen LogP contribution in [-0.2, 0) is 11.2 Å². The second kappa shape index (κ2) is 7.94. The monoisotopic (exact) mass is 367 g/mol. The fraction of sp³-hybridized carbons (Fsp3) is 0.400. The molecule has 1 fully saturated rings. The van der Waals surface area contributed by atoms with Gasteiger partial charge in [-0.2, -0.15) is 9.97 Å². The van der Waals surface area contributed by atoms with Crippen LogP contribution in [0.1, 0.15) is 11.3 Å². The van der Waals surface area contributed by atoms with Gasteiger partial charge in [0.05, 0.1) is 31.2 Å². The van der Waals surface area contributed by atoms with Crippen molar-refractivity contribution in [2.75, 3.05) is 43.1 Å². The molecule has 3 N–H and O–H groups in total. The Morgan fingerprint density at radius 3 is 2.74 bits per heavy atom. The summed E-state index contributed by atoms with van der Waals surface area (Å²) in [7, 11) is 0. The van der Waals surface area contributed by atoms with E-state index >= 15 is 0 Å². The summed E-state index contributed by atoms with van der Waals surface area (Å²) in [5.41, 5.74) is 3.01. The van der Waals surface area contributed by atoms with Gasteiger partial charge in [0, 0.05) is 18.8 Å². The summed E-state index contributed by atoms with van der Waals surface area (Å²) in [4.78, 5) is 14.9. The van der Waals surface area contributed by atoms with Gasteiger partial charge in [0.1, 0.15) is 11.5 Å². The normalized spacial score (nSPS) is 15.9. The standard InChI is InChI=1S/C20H25N5O2/c1-14-11-17-18(21-14)23-20(25-7-9-27-10-8-25)24-19(17)22-16(13-26)12-15-5-3-2-4-6-15/h2-6,11,16,26H,7-10,12-13H2,1H3,(H2,21,22,23,24). The smallest absolute Gasteiger partial charge is 0.229 e. The first-order chi connectivity index (χ1) is 13.2. The number of aliphatic hydroxyl groups excluding tert-OH is 1. The highest BCUT2D eigenvalue weighted by Crippen LogP contribution is 2.25. The van der Waals surface area contributed by atoms with Crippen LogP contribution < -0.4 is 10.2 Å². The average molecular weight is 367 g/mol. The van der Waals surface area contributed by atoms with Gasteiger partial charge in [-0.3, -0.25) is 0 Å². The van der Waals surface area contributed by atoms with Crippen LogP contribution in [-0.4, -0.2) is 59.0 Å². The lowest BCUT2D eigenvalue weighted by molar-refractivity contribution is 0.122. The largest absolute Gasteiger partial charge is 0.394 e. The van der Waals surface area contributed by atoms with Crippen LogP contribution in [0.15, 0.2) is 36.4 Å². The van der Waals surface area contributed by atoms with Crippen molar-refractivity contribution in [3.8, 4) is 0 Å². The Labute approximate surface area is 158 Å². The minimum Gasteiger partial charge on any atom is -0.394 e. The number of nitrogens with one attached hydrogen (secondary N) is 2. The Balaban J connectivity index is 1.64. The van der Waals surface area contributed by atoms with E-state index in [1.54, 1.807) is 0 Å². The quantitative estimate of drug-likeness (QED) is 0.619. The van der Waals surface area contributed by atoms with E-state index in [9.17, 15) is 5.11 Å². The number of anilines is 2. The van der Waals surface area contributed by atoms with Gasteiger partial charge in [-0.1, -0.05) is 30.3 Å². The minimum atomic E-state index is -0.127.